The molecular weight excluding hydrogens is 407 g/mol. The van der Waals surface area contributed by atoms with Crippen LogP contribution in [-0.2, 0) is 11.0 Å². The van der Waals surface area contributed by atoms with E-state index in [0.717, 1.165) is 11.6 Å². The average molecular weight is 432 g/mol. The van der Waals surface area contributed by atoms with Crippen molar-refractivity contribution < 1.29 is 18.0 Å². The summed E-state index contributed by atoms with van der Waals surface area (Å²) >= 11 is 0. The van der Waals surface area contributed by atoms with Crippen LogP contribution in [0.4, 0.5) is 19.0 Å². The minimum absolute atomic E-state index is 0.0967. The second-order valence-electron chi connectivity index (χ2n) is 8.30. The SMILES string of the molecule is C[Si](C)(C)C#Cc1ccc(N2CCN(C=O)C(c3ccccc3C(F)(F)F)C2)nc1. The number of amides is 1. The molecule has 1 saturated heterocycles. The Labute approximate surface area is 175 Å². The van der Waals surface area contributed by atoms with Crippen molar-refractivity contribution in [2.45, 2.75) is 31.9 Å². The summed E-state index contributed by atoms with van der Waals surface area (Å²) in [6.45, 7) is 7.53. The van der Waals surface area contributed by atoms with Crippen LogP contribution in [0, 0.1) is 11.5 Å². The Morgan fingerprint density at radius 2 is 1.87 bits per heavy atom. The lowest BCUT2D eigenvalue weighted by Crippen LogP contribution is -2.48. The molecule has 30 heavy (non-hydrogen) atoms. The third-order valence-corrected chi connectivity index (χ3v) is 5.71. The number of pyridine rings is 1. The molecule has 1 aliphatic rings. The summed E-state index contributed by atoms with van der Waals surface area (Å²) in [5.74, 6) is 3.80. The summed E-state index contributed by atoms with van der Waals surface area (Å²) in [6.07, 6.45) is -2.17. The van der Waals surface area contributed by atoms with Gasteiger partial charge in [-0.15, -0.1) is 5.54 Å². The maximum Gasteiger partial charge on any atom is 0.416 e. The van der Waals surface area contributed by atoms with E-state index in [0.29, 0.717) is 25.3 Å². The van der Waals surface area contributed by atoms with Crippen molar-refractivity contribution in [1.29, 1.82) is 0 Å². The molecule has 1 atom stereocenters. The first-order chi connectivity index (χ1) is 14.1. The van der Waals surface area contributed by atoms with Gasteiger partial charge in [-0.1, -0.05) is 43.8 Å². The number of hydrogen-bond donors (Lipinski definition) is 0. The highest BCUT2D eigenvalue weighted by Gasteiger charge is 2.38. The Balaban J connectivity index is 1.87. The number of anilines is 1. The lowest BCUT2D eigenvalue weighted by molar-refractivity contribution is -0.139. The number of alkyl halides is 3. The van der Waals surface area contributed by atoms with Crippen molar-refractivity contribution in [1.82, 2.24) is 9.88 Å². The van der Waals surface area contributed by atoms with Gasteiger partial charge in [0.05, 0.1) is 11.6 Å². The minimum atomic E-state index is -4.48. The molecule has 0 aliphatic carbocycles. The molecule has 0 saturated carbocycles. The molecule has 3 rings (SSSR count). The van der Waals surface area contributed by atoms with E-state index in [9.17, 15) is 18.0 Å². The summed E-state index contributed by atoms with van der Waals surface area (Å²) in [5.41, 5.74) is 3.48. The van der Waals surface area contributed by atoms with Gasteiger partial charge in [0.1, 0.15) is 13.9 Å². The van der Waals surface area contributed by atoms with Gasteiger partial charge in [-0.2, -0.15) is 13.2 Å². The first kappa shape index (κ1) is 21.9. The topological polar surface area (TPSA) is 36.4 Å². The van der Waals surface area contributed by atoms with Crippen molar-refractivity contribution >= 4 is 20.3 Å². The molecular formula is C22H24F3N3OSi. The zero-order valence-corrected chi connectivity index (χ0v) is 18.2. The highest BCUT2D eigenvalue weighted by Crippen LogP contribution is 2.37. The number of halogens is 3. The molecule has 1 aromatic carbocycles. The molecule has 4 nitrogen and oxygen atoms in total. The van der Waals surface area contributed by atoms with Crippen molar-refractivity contribution in [3.05, 3.63) is 59.3 Å². The number of carbonyl (C=O) groups excluding carboxylic acids is 1. The predicted octanol–water partition coefficient (Wildman–Crippen LogP) is 4.35. The average Bonchev–Trinajstić information content (AvgIpc) is 2.71. The lowest BCUT2D eigenvalue weighted by atomic mass is 9.97. The number of hydrogen-bond acceptors (Lipinski definition) is 3. The molecule has 2 aromatic rings. The van der Waals surface area contributed by atoms with E-state index in [2.05, 4.69) is 36.1 Å². The molecule has 0 N–H and O–H groups in total. The van der Waals surface area contributed by atoms with Crippen molar-refractivity contribution in [2.75, 3.05) is 24.5 Å². The molecule has 1 unspecified atom stereocenters. The predicted molar refractivity (Wildman–Crippen MR) is 114 cm³/mol. The molecule has 0 bridgehead atoms. The van der Waals surface area contributed by atoms with Crippen LogP contribution >= 0.6 is 0 Å². The van der Waals surface area contributed by atoms with Gasteiger partial charge in [0.15, 0.2) is 0 Å². The zero-order chi connectivity index (χ0) is 21.9. The maximum atomic E-state index is 13.5. The molecule has 0 radical (unpaired) electrons. The van der Waals surface area contributed by atoms with Gasteiger partial charge < -0.3 is 9.80 Å². The quantitative estimate of drug-likeness (QED) is 0.412. The van der Waals surface area contributed by atoms with Crippen LogP contribution in [0.1, 0.15) is 22.7 Å². The molecule has 2 heterocycles. The van der Waals surface area contributed by atoms with E-state index in [1.165, 1.54) is 17.0 Å². The van der Waals surface area contributed by atoms with Crippen LogP contribution in [0.3, 0.4) is 0 Å². The Hall–Kier alpha value is -2.79. The van der Waals surface area contributed by atoms with E-state index in [1.807, 2.05) is 17.0 Å². The fraction of sp³-hybridized carbons (Fsp3) is 0.364. The first-order valence-corrected chi connectivity index (χ1v) is 13.2. The van der Waals surface area contributed by atoms with Crippen LogP contribution < -0.4 is 4.90 Å². The van der Waals surface area contributed by atoms with Crippen LogP contribution in [0.15, 0.2) is 42.6 Å². The van der Waals surface area contributed by atoms with Crippen LogP contribution in [0.25, 0.3) is 0 Å². The van der Waals surface area contributed by atoms with Gasteiger partial charge in [-0.25, -0.2) is 4.98 Å². The number of nitrogens with zero attached hydrogens (tertiary/aromatic N) is 3. The number of aromatic nitrogens is 1. The third kappa shape index (κ3) is 5.22. The van der Waals surface area contributed by atoms with E-state index >= 15 is 0 Å². The molecule has 1 aliphatic heterocycles. The van der Waals surface area contributed by atoms with E-state index < -0.39 is 25.9 Å². The highest BCUT2D eigenvalue weighted by molar-refractivity contribution is 6.83. The van der Waals surface area contributed by atoms with Crippen molar-refractivity contribution in [2.24, 2.45) is 0 Å². The maximum absolute atomic E-state index is 13.5. The Morgan fingerprint density at radius 3 is 2.47 bits per heavy atom. The first-order valence-electron chi connectivity index (χ1n) is 9.70. The number of piperazine rings is 1. The van der Waals surface area contributed by atoms with Gasteiger partial charge in [0, 0.05) is 31.4 Å². The largest absolute Gasteiger partial charge is 0.416 e. The minimum Gasteiger partial charge on any atom is -0.352 e. The van der Waals surface area contributed by atoms with E-state index in [1.54, 1.807) is 12.3 Å². The summed E-state index contributed by atoms with van der Waals surface area (Å²) in [6, 6.07) is 8.42. The fourth-order valence-corrected chi connectivity index (χ4v) is 3.88. The van der Waals surface area contributed by atoms with E-state index in [-0.39, 0.29) is 12.1 Å². The van der Waals surface area contributed by atoms with E-state index in [4.69, 9.17) is 0 Å². The molecule has 1 fully saturated rings. The number of carbonyl (C=O) groups is 1. The van der Waals surface area contributed by atoms with Crippen LogP contribution in [0.5, 0.6) is 0 Å². The van der Waals surface area contributed by atoms with Gasteiger partial charge in [0.2, 0.25) is 6.41 Å². The monoisotopic (exact) mass is 431 g/mol. The fourth-order valence-electron chi connectivity index (χ4n) is 3.36. The van der Waals surface area contributed by atoms with Gasteiger partial charge in [0.25, 0.3) is 0 Å². The Kier molecular flexibility index (Phi) is 6.22. The van der Waals surface area contributed by atoms with Gasteiger partial charge >= 0.3 is 6.18 Å². The molecule has 1 aromatic heterocycles. The second kappa shape index (κ2) is 8.52. The van der Waals surface area contributed by atoms with Crippen LogP contribution in [-0.4, -0.2) is 44.0 Å². The normalized spacial score (nSPS) is 17.3. The van der Waals surface area contributed by atoms with Crippen molar-refractivity contribution in [3.8, 4) is 11.5 Å². The van der Waals surface area contributed by atoms with Crippen LogP contribution in [0.2, 0.25) is 19.6 Å². The summed E-state index contributed by atoms with van der Waals surface area (Å²) in [5, 5.41) is 0. The van der Waals surface area contributed by atoms with Crippen molar-refractivity contribution in [3.63, 3.8) is 0 Å². The molecule has 1 amide bonds. The second-order valence-corrected chi connectivity index (χ2v) is 13.0. The number of rotatable bonds is 3. The lowest BCUT2D eigenvalue weighted by Gasteiger charge is -2.41. The molecule has 158 valence electrons. The summed E-state index contributed by atoms with van der Waals surface area (Å²) in [4.78, 5) is 19.3. The highest BCUT2D eigenvalue weighted by atomic mass is 28.3. The molecule has 8 heteroatoms. The standard InChI is InChI=1S/C22H24F3N3OSi/c1-30(2,3)13-10-17-8-9-21(26-14-17)27-11-12-28(16-29)20(15-27)18-6-4-5-7-19(18)22(23,24)25/h4-9,14,16,20H,11-12,15H2,1-3H3. The Bertz CT molecular complexity index is 959. The number of benzene rings is 1. The zero-order valence-electron chi connectivity index (χ0n) is 17.2. The summed E-state index contributed by atoms with van der Waals surface area (Å²) in [7, 11) is -1.50. The summed E-state index contributed by atoms with van der Waals surface area (Å²) < 4.78 is 40.5. The Morgan fingerprint density at radius 1 is 1.13 bits per heavy atom. The smallest absolute Gasteiger partial charge is 0.352 e. The molecule has 0 spiro atoms. The van der Waals surface area contributed by atoms with Gasteiger partial charge in [-0.05, 0) is 23.8 Å². The van der Waals surface area contributed by atoms with Gasteiger partial charge in [-0.3, -0.25) is 4.79 Å². The third-order valence-electron chi connectivity index (χ3n) is 4.84.